The second kappa shape index (κ2) is 10.7. The Hall–Kier alpha value is -4.52. The standard InChI is InChI=1S/C26H28N10O2S/c1-14-3-5-17(35(14)26(38)22(28)32-13-27)6-8-19-21(15(2)37)23(29)36-24(34-19)18(12-33-36)16-4-7-20(31-11-16)25-30-9-10-39-25/h4,7,9-14,17H,3,5-6,8,29H2,1-2H3,(H3,27,28,32). The Labute approximate surface area is 228 Å². The quantitative estimate of drug-likeness (QED) is 0.156. The van der Waals surface area contributed by atoms with Crippen molar-refractivity contribution >= 4 is 46.7 Å². The Bertz CT molecular complexity index is 1560. The highest BCUT2D eigenvalue weighted by Gasteiger charge is 2.36. The molecule has 12 nitrogen and oxygen atoms in total. The first kappa shape index (κ1) is 26.1. The number of fused-ring (bicyclic) bond motifs is 1. The van der Waals surface area contributed by atoms with Crippen LogP contribution >= 0.6 is 11.3 Å². The lowest BCUT2D eigenvalue weighted by Crippen LogP contribution is -2.47. The Balaban J connectivity index is 1.46. The van der Waals surface area contributed by atoms with Gasteiger partial charge in [-0.3, -0.25) is 25.4 Å². The van der Waals surface area contributed by atoms with Crippen LogP contribution in [0.4, 0.5) is 5.82 Å². The summed E-state index contributed by atoms with van der Waals surface area (Å²) in [6.45, 7) is 3.40. The zero-order valence-electron chi connectivity index (χ0n) is 21.5. The molecule has 0 bridgehead atoms. The summed E-state index contributed by atoms with van der Waals surface area (Å²) in [5.74, 6) is -0.788. The highest BCUT2D eigenvalue weighted by Crippen LogP contribution is 2.31. The van der Waals surface area contributed by atoms with E-state index in [4.69, 9.17) is 21.5 Å². The van der Waals surface area contributed by atoms with Gasteiger partial charge in [0.1, 0.15) is 10.8 Å². The first-order valence-corrected chi connectivity index (χ1v) is 13.4. The number of Topliss-reactive ketones (excluding diaryl/α,β-unsaturated/α-hetero) is 1. The molecular formula is C26H28N10O2S. The fraction of sp³-hybridized carbons (Fsp3) is 0.308. The third-order valence-electron chi connectivity index (χ3n) is 7.00. The maximum Gasteiger partial charge on any atom is 0.289 e. The van der Waals surface area contributed by atoms with Crippen molar-refractivity contribution in [1.82, 2.24) is 34.8 Å². The summed E-state index contributed by atoms with van der Waals surface area (Å²) in [4.78, 5) is 40.9. The van der Waals surface area contributed by atoms with E-state index in [1.54, 1.807) is 23.5 Å². The van der Waals surface area contributed by atoms with E-state index in [0.717, 1.165) is 41.0 Å². The highest BCUT2D eigenvalue weighted by atomic mass is 32.1. The number of carbonyl (C=O) groups is 2. The second-order valence-electron chi connectivity index (χ2n) is 9.43. The molecule has 0 spiro atoms. The molecule has 1 fully saturated rings. The number of thiazole rings is 1. The van der Waals surface area contributed by atoms with Gasteiger partial charge >= 0.3 is 0 Å². The van der Waals surface area contributed by atoms with Gasteiger partial charge in [0.2, 0.25) is 0 Å². The number of pyridine rings is 1. The molecule has 1 amide bonds. The summed E-state index contributed by atoms with van der Waals surface area (Å²) < 4.78 is 1.47. The minimum absolute atomic E-state index is 0.0375. The maximum absolute atomic E-state index is 12.9. The van der Waals surface area contributed by atoms with Crippen LogP contribution in [0.15, 0.2) is 36.1 Å². The summed E-state index contributed by atoms with van der Waals surface area (Å²) in [5.41, 5.74) is 10.1. The Morgan fingerprint density at radius 3 is 2.74 bits per heavy atom. The molecule has 13 heteroatoms. The van der Waals surface area contributed by atoms with E-state index in [1.165, 1.54) is 22.8 Å². The van der Waals surface area contributed by atoms with Crippen LogP contribution in [0.3, 0.4) is 0 Å². The fourth-order valence-corrected chi connectivity index (χ4v) is 5.76. The van der Waals surface area contributed by atoms with Crippen LogP contribution in [0.1, 0.15) is 49.2 Å². The van der Waals surface area contributed by atoms with Gasteiger partial charge in [0.25, 0.3) is 5.91 Å². The molecule has 0 radical (unpaired) electrons. The minimum atomic E-state index is -0.449. The Morgan fingerprint density at radius 2 is 2.08 bits per heavy atom. The average Bonchev–Trinajstić information content (AvgIpc) is 3.67. The lowest BCUT2D eigenvalue weighted by Gasteiger charge is -2.28. The number of nitrogens with two attached hydrogens (primary N) is 1. The van der Waals surface area contributed by atoms with Crippen molar-refractivity contribution in [2.45, 2.75) is 51.6 Å². The van der Waals surface area contributed by atoms with Gasteiger partial charge in [-0.15, -0.1) is 11.3 Å². The van der Waals surface area contributed by atoms with Gasteiger partial charge in [0.05, 0.1) is 29.5 Å². The van der Waals surface area contributed by atoms with Crippen LogP contribution in [0, 0.1) is 10.8 Å². The van der Waals surface area contributed by atoms with Gasteiger partial charge in [-0.2, -0.15) is 9.61 Å². The number of amidine groups is 1. The van der Waals surface area contributed by atoms with Crippen LogP contribution in [-0.2, 0) is 11.2 Å². The molecule has 2 unspecified atom stereocenters. The van der Waals surface area contributed by atoms with Crippen LogP contribution < -0.4 is 11.1 Å². The number of hydrogen-bond acceptors (Lipinski definition) is 10. The van der Waals surface area contributed by atoms with Crippen molar-refractivity contribution < 1.29 is 9.59 Å². The molecule has 4 aromatic heterocycles. The van der Waals surface area contributed by atoms with E-state index >= 15 is 0 Å². The Kier molecular flexibility index (Phi) is 7.15. The number of likely N-dealkylation sites (tertiary alicyclic amines) is 1. The number of carbonyl (C=O) groups excluding carboxylic acids is 2. The number of aryl methyl sites for hydroxylation is 1. The summed E-state index contributed by atoms with van der Waals surface area (Å²) in [7, 11) is 0. The van der Waals surface area contributed by atoms with E-state index in [1.807, 2.05) is 24.4 Å². The molecule has 200 valence electrons. The first-order chi connectivity index (χ1) is 18.8. The van der Waals surface area contributed by atoms with Crippen LogP contribution in [0.25, 0.3) is 27.5 Å². The molecule has 5 N–H and O–H groups in total. The van der Waals surface area contributed by atoms with Gasteiger partial charge < -0.3 is 16.0 Å². The second-order valence-corrected chi connectivity index (χ2v) is 10.3. The normalized spacial score (nSPS) is 16.9. The zero-order chi connectivity index (χ0) is 27.7. The van der Waals surface area contributed by atoms with E-state index in [0.29, 0.717) is 29.7 Å². The summed E-state index contributed by atoms with van der Waals surface area (Å²) in [6.07, 6.45) is 8.49. The third-order valence-corrected chi connectivity index (χ3v) is 7.80. The number of rotatable bonds is 7. The number of aromatic nitrogens is 5. The predicted octanol–water partition coefficient (Wildman–Crippen LogP) is 3.19. The van der Waals surface area contributed by atoms with Gasteiger partial charge in [0, 0.05) is 41.0 Å². The van der Waals surface area contributed by atoms with E-state index in [2.05, 4.69) is 20.4 Å². The monoisotopic (exact) mass is 544 g/mol. The molecular weight excluding hydrogens is 516 g/mol. The predicted molar refractivity (Wildman–Crippen MR) is 149 cm³/mol. The van der Waals surface area contributed by atoms with Gasteiger partial charge in [0.15, 0.2) is 17.3 Å². The topological polar surface area (TPSA) is 179 Å². The fourth-order valence-electron chi connectivity index (χ4n) is 5.15. The Morgan fingerprint density at radius 1 is 1.26 bits per heavy atom. The van der Waals surface area contributed by atoms with E-state index in [-0.39, 0.29) is 29.5 Å². The van der Waals surface area contributed by atoms with Gasteiger partial charge in [-0.1, -0.05) is 6.07 Å². The summed E-state index contributed by atoms with van der Waals surface area (Å²) in [5, 5.41) is 24.6. The highest BCUT2D eigenvalue weighted by molar-refractivity contribution is 7.13. The van der Waals surface area contributed by atoms with Crippen molar-refractivity contribution in [1.29, 1.82) is 10.8 Å². The molecule has 5 heterocycles. The SMILES string of the molecule is CC(=O)c1c(CCC2CCC(C)N2C(=O)C(=N)NC=N)nc2c(-c3ccc(-c4nccs4)nc3)cnn2c1N. The molecule has 39 heavy (non-hydrogen) atoms. The number of ketones is 1. The maximum atomic E-state index is 12.9. The molecule has 0 saturated carbocycles. The van der Waals surface area contributed by atoms with Crippen molar-refractivity contribution in [2.75, 3.05) is 5.73 Å². The largest absolute Gasteiger partial charge is 0.383 e. The van der Waals surface area contributed by atoms with E-state index in [9.17, 15) is 9.59 Å². The molecule has 1 saturated heterocycles. The zero-order valence-corrected chi connectivity index (χ0v) is 22.3. The van der Waals surface area contributed by atoms with Gasteiger partial charge in [-0.25, -0.2) is 9.97 Å². The number of anilines is 1. The van der Waals surface area contributed by atoms with Crippen molar-refractivity contribution in [3.63, 3.8) is 0 Å². The lowest BCUT2D eigenvalue weighted by atomic mass is 10.0. The van der Waals surface area contributed by atoms with Crippen LogP contribution in [-0.4, -0.2) is 65.4 Å². The minimum Gasteiger partial charge on any atom is -0.383 e. The summed E-state index contributed by atoms with van der Waals surface area (Å²) >= 11 is 1.51. The molecule has 1 aliphatic rings. The number of nitrogens with one attached hydrogen (secondary N) is 3. The lowest BCUT2D eigenvalue weighted by molar-refractivity contribution is -0.126. The summed E-state index contributed by atoms with van der Waals surface area (Å²) in [6, 6.07) is 3.65. The molecule has 0 aliphatic carbocycles. The third kappa shape index (κ3) is 4.88. The van der Waals surface area contributed by atoms with Gasteiger partial charge in [-0.05, 0) is 45.6 Å². The van der Waals surface area contributed by atoms with Crippen LogP contribution in [0.2, 0.25) is 0 Å². The molecule has 4 aromatic rings. The smallest absolute Gasteiger partial charge is 0.289 e. The van der Waals surface area contributed by atoms with Crippen molar-refractivity contribution in [3.05, 3.63) is 47.4 Å². The number of nitrogen functional groups attached to an aromatic ring is 1. The number of hydrogen-bond donors (Lipinski definition) is 4. The van der Waals surface area contributed by atoms with Crippen molar-refractivity contribution in [2.24, 2.45) is 0 Å². The number of nitrogens with zero attached hydrogens (tertiary/aromatic N) is 6. The number of amides is 1. The molecule has 1 aliphatic heterocycles. The van der Waals surface area contributed by atoms with Crippen molar-refractivity contribution in [3.8, 4) is 21.8 Å². The van der Waals surface area contributed by atoms with E-state index < -0.39 is 5.91 Å². The first-order valence-electron chi connectivity index (χ1n) is 12.5. The average molecular weight is 545 g/mol. The molecule has 2 atom stereocenters. The molecule has 0 aromatic carbocycles. The van der Waals surface area contributed by atoms with Crippen LogP contribution in [0.5, 0.6) is 0 Å². The molecule has 5 rings (SSSR count).